The number of carbonyl (C=O) groups is 1. The molecule has 0 atom stereocenters. The van der Waals surface area contributed by atoms with Gasteiger partial charge in [0.15, 0.2) is 0 Å². The van der Waals surface area contributed by atoms with E-state index in [1.807, 2.05) is 24.3 Å². The SMILES string of the molecule is CS(=O)(=O)N(CC(=O)NCCSCc1cccc(Cl)c1)c1cccc(Cl)c1Cl. The number of benzene rings is 2. The molecule has 0 aliphatic rings. The van der Waals surface area contributed by atoms with Crippen molar-refractivity contribution in [1.29, 1.82) is 0 Å². The van der Waals surface area contributed by atoms with Crippen LogP contribution >= 0.6 is 46.6 Å². The minimum atomic E-state index is -3.72. The number of hydrogen-bond donors (Lipinski definition) is 1. The molecule has 0 aliphatic carbocycles. The Balaban J connectivity index is 1.88. The van der Waals surface area contributed by atoms with Crippen molar-refractivity contribution in [2.75, 3.05) is 29.4 Å². The molecular weight excluding hydrogens is 463 g/mol. The van der Waals surface area contributed by atoms with Crippen molar-refractivity contribution in [1.82, 2.24) is 5.32 Å². The molecule has 1 N–H and O–H groups in total. The Hall–Kier alpha value is -1.12. The molecule has 0 fully saturated rings. The predicted octanol–water partition coefficient (Wildman–Crippen LogP) is 4.46. The van der Waals surface area contributed by atoms with Gasteiger partial charge < -0.3 is 5.32 Å². The molecular formula is C18H19Cl3N2O3S2. The van der Waals surface area contributed by atoms with Gasteiger partial charge in [0.25, 0.3) is 0 Å². The highest BCUT2D eigenvalue weighted by atomic mass is 35.5. The molecule has 10 heteroatoms. The first kappa shape index (κ1) is 23.2. The fourth-order valence-corrected chi connectivity index (χ4v) is 4.66. The zero-order chi connectivity index (χ0) is 20.7. The summed E-state index contributed by atoms with van der Waals surface area (Å²) in [5.74, 6) is 1.02. The third-order valence-electron chi connectivity index (χ3n) is 3.61. The highest BCUT2D eigenvalue weighted by molar-refractivity contribution is 7.98. The summed E-state index contributed by atoms with van der Waals surface area (Å²) >= 11 is 19.7. The van der Waals surface area contributed by atoms with E-state index in [2.05, 4.69) is 5.32 Å². The maximum atomic E-state index is 12.2. The third kappa shape index (κ3) is 7.04. The minimum Gasteiger partial charge on any atom is -0.354 e. The smallest absolute Gasteiger partial charge is 0.240 e. The quantitative estimate of drug-likeness (QED) is 0.537. The molecule has 5 nitrogen and oxygen atoms in total. The second kappa shape index (κ2) is 10.6. The van der Waals surface area contributed by atoms with Crippen LogP contribution in [-0.2, 0) is 20.6 Å². The number of halogens is 3. The van der Waals surface area contributed by atoms with Crippen molar-refractivity contribution < 1.29 is 13.2 Å². The zero-order valence-electron chi connectivity index (χ0n) is 15.0. The van der Waals surface area contributed by atoms with Crippen LogP contribution in [0.5, 0.6) is 0 Å². The molecule has 0 aromatic heterocycles. The zero-order valence-corrected chi connectivity index (χ0v) is 18.9. The number of nitrogens with zero attached hydrogens (tertiary/aromatic N) is 1. The van der Waals surface area contributed by atoms with Crippen LogP contribution in [-0.4, -0.2) is 39.4 Å². The molecule has 0 aliphatic heterocycles. The van der Waals surface area contributed by atoms with E-state index in [0.29, 0.717) is 17.3 Å². The van der Waals surface area contributed by atoms with Gasteiger partial charge in [-0.2, -0.15) is 11.8 Å². The Morgan fingerprint density at radius 2 is 1.86 bits per heavy atom. The lowest BCUT2D eigenvalue weighted by molar-refractivity contribution is -0.119. The van der Waals surface area contributed by atoms with Crippen LogP contribution < -0.4 is 9.62 Å². The van der Waals surface area contributed by atoms with E-state index in [9.17, 15) is 13.2 Å². The summed E-state index contributed by atoms with van der Waals surface area (Å²) < 4.78 is 25.2. The van der Waals surface area contributed by atoms with E-state index in [1.165, 1.54) is 6.07 Å². The van der Waals surface area contributed by atoms with Gasteiger partial charge in [0.1, 0.15) is 6.54 Å². The normalized spacial score (nSPS) is 11.3. The van der Waals surface area contributed by atoms with E-state index in [-0.39, 0.29) is 22.3 Å². The van der Waals surface area contributed by atoms with Gasteiger partial charge in [0.2, 0.25) is 15.9 Å². The Kier molecular flexibility index (Phi) is 8.77. The number of rotatable bonds is 9. The van der Waals surface area contributed by atoms with Crippen molar-refractivity contribution in [2.45, 2.75) is 5.75 Å². The fraction of sp³-hybridized carbons (Fsp3) is 0.278. The van der Waals surface area contributed by atoms with Gasteiger partial charge in [-0.3, -0.25) is 9.10 Å². The average molecular weight is 482 g/mol. The second-order valence-corrected chi connectivity index (χ2v) is 10.1. The number of carbonyl (C=O) groups excluding carboxylic acids is 1. The van der Waals surface area contributed by atoms with Crippen molar-refractivity contribution in [3.63, 3.8) is 0 Å². The van der Waals surface area contributed by atoms with Gasteiger partial charge in [-0.25, -0.2) is 8.42 Å². The van der Waals surface area contributed by atoms with Crippen molar-refractivity contribution >= 4 is 68.2 Å². The Bertz CT molecular complexity index is 939. The molecule has 2 aromatic rings. The molecule has 28 heavy (non-hydrogen) atoms. The first-order valence-corrected chi connectivity index (χ1v) is 12.3. The summed E-state index contributed by atoms with van der Waals surface area (Å²) in [5.41, 5.74) is 1.27. The monoisotopic (exact) mass is 480 g/mol. The summed E-state index contributed by atoms with van der Waals surface area (Å²) in [6.45, 7) is 0.0306. The molecule has 0 spiro atoms. The molecule has 0 saturated carbocycles. The highest BCUT2D eigenvalue weighted by Gasteiger charge is 2.23. The fourth-order valence-electron chi connectivity index (χ4n) is 2.33. The standard InChI is InChI=1S/C18H19Cl3N2O3S2/c1-28(25,26)23(16-7-3-6-15(20)18(16)21)11-17(24)22-8-9-27-12-13-4-2-5-14(19)10-13/h2-7,10H,8-9,11-12H2,1H3,(H,22,24). The molecule has 152 valence electrons. The lowest BCUT2D eigenvalue weighted by Crippen LogP contribution is -2.41. The Labute approximate surface area is 184 Å². The van der Waals surface area contributed by atoms with E-state index in [4.69, 9.17) is 34.8 Å². The van der Waals surface area contributed by atoms with Gasteiger partial charge in [-0.1, -0.05) is 53.0 Å². The van der Waals surface area contributed by atoms with Gasteiger partial charge in [0, 0.05) is 23.1 Å². The first-order valence-electron chi connectivity index (χ1n) is 8.19. The van der Waals surface area contributed by atoms with Gasteiger partial charge in [-0.05, 0) is 29.8 Å². The third-order valence-corrected chi connectivity index (χ3v) is 6.81. The molecule has 0 bridgehead atoms. The van der Waals surface area contributed by atoms with Gasteiger partial charge in [-0.15, -0.1) is 0 Å². The average Bonchev–Trinajstić information content (AvgIpc) is 2.61. The minimum absolute atomic E-state index is 0.0828. The lowest BCUT2D eigenvalue weighted by atomic mass is 10.2. The van der Waals surface area contributed by atoms with E-state index in [0.717, 1.165) is 21.9 Å². The summed E-state index contributed by atoms with van der Waals surface area (Å²) in [4.78, 5) is 12.2. The second-order valence-electron chi connectivity index (χ2n) is 5.88. The molecule has 0 unspecified atom stereocenters. The molecule has 2 aromatic carbocycles. The van der Waals surface area contributed by atoms with Gasteiger partial charge >= 0.3 is 0 Å². The van der Waals surface area contributed by atoms with Gasteiger partial charge in [0.05, 0.1) is 22.0 Å². The number of thioether (sulfide) groups is 1. The van der Waals surface area contributed by atoms with Crippen molar-refractivity contribution in [3.05, 3.63) is 63.1 Å². The lowest BCUT2D eigenvalue weighted by Gasteiger charge is -2.23. The van der Waals surface area contributed by atoms with E-state index in [1.54, 1.807) is 23.9 Å². The van der Waals surface area contributed by atoms with Crippen molar-refractivity contribution in [2.24, 2.45) is 0 Å². The number of amides is 1. The van der Waals surface area contributed by atoms with E-state index < -0.39 is 15.9 Å². The van der Waals surface area contributed by atoms with Crippen LogP contribution in [0.2, 0.25) is 15.1 Å². The van der Waals surface area contributed by atoms with Crippen LogP contribution in [0.15, 0.2) is 42.5 Å². The molecule has 0 heterocycles. The summed E-state index contributed by atoms with van der Waals surface area (Å²) in [5, 5.41) is 3.70. The van der Waals surface area contributed by atoms with Crippen LogP contribution in [0.4, 0.5) is 5.69 Å². The van der Waals surface area contributed by atoms with Crippen LogP contribution in [0, 0.1) is 0 Å². The van der Waals surface area contributed by atoms with Crippen molar-refractivity contribution in [3.8, 4) is 0 Å². The maximum absolute atomic E-state index is 12.2. The van der Waals surface area contributed by atoms with E-state index >= 15 is 0 Å². The number of anilines is 1. The Morgan fingerprint density at radius 1 is 1.14 bits per heavy atom. The Morgan fingerprint density at radius 3 is 2.54 bits per heavy atom. The molecule has 0 saturated heterocycles. The summed E-state index contributed by atoms with van der Waals surface area (Å²) in [6, 6.07) is 12.2. The van der Waals surface area contributed by atoms with Crippen LogP contribution in [0.25, 0.3) is 0 Å². The molecule has 1 amide bonds. The maximum Gasteiger partial charge on any atom is 0.240 e. The predicted molar refractivity (Wildman–Crippen MR) is 119 cm³/mol. The molecule has 0 radical (unpaired) electrons. The summed E-state index contributed by atoms with van der Waals surface area (Å²) in [7, 11) is -3.72. The molecule has 2 rings (SSSR count). The number of sulfonamides is 1. The largest absolute Gasteiger partial charge is 0.354 e. The number of nitrogens with one attached hydrogen (secondary N) is 1. The topological polar surface area (TPSA) is 66.5 Å². The summed E-state index contributed by atoms with van der Waals surface area (Å²) in [6.07, 6.45) is 1.01. The van der Waals surface area contributed by atoms with Crippen LogP contribution in [0.1, 0.15) is 5.56 Å². The highest BCUT2D eigenvalue weighted by Crippen LogP contribution is 2.33. The number of hydrogen-bond acceptors (Lipinski definition) is 4. The first-order chi connectivity index (χ1) is 13.2. The van der Waals surface area contributed by atoms with Crippen LogP contribution in [0.3, 0.4) is 0 Å².